The zero-order valence-electron chi connectivity index (χ0n) is 12.6. The normalized spacial score (nSPS) is 13.4. The van der Waals surface area contributed by atoms with Crippen LogP contribution >= 0.6 is 0 Å². The van der Waals surface area contributed by atoms with Crippen LogP contribution in [-0.4, -0.2) is 23.9 Å². The van der Waals surface area contributed by atoms with E-state index < -0.39 is 35.4 Å². The highest BCUT2D eigenvalue weighted by Crippen LogP contribution is 2.22. The third-order valence-electron chi connectivity index (χ3n) is 3.17. The van der Waals surface area contributed by atoms with Crippen molar-refractivity contribution in [2.75, 3.05) is 0 Å². The van der Waals surface area contributed by atoms with Gasteiger partial charge in [0.15, 0.2) is 0 Å². The zero-order chi connectivity index (χ0) is 17.8. The molecule has 0 saturated carbocycles. The second-order valence-electron chi connectivity index (χ2n) is 4.85. The summed E-state index contributed by atoms with van der Waals surface area (Å²) in [6.45, 7) is 0. The molecule has 2 aromatic carbocycles. The Balaban J connectivity index is 1.85. The average molecular weight is 338 g/mol. The van der Waals surface area contributed by atoms with Gasteiger partial charge in [0.05, 0.1) is 11.1 Å². The first-order valence-electron chi connectivity index (χ1n) is 7.11. The van der Waals surface area contributed by atoms with Gasteiger partial charge in [-0.25, -0.2) is 19.2 Å². The van der Waals surface area contributed by atoms with Crippen LogP contribution in [-0.2, 0) is 23.8 Å². The minimum Gasteiger partial charge on any atom is -0.411 e. The number of rotatable bonds is 4. The van der Waals surface area contributed by atoms with Gasteiger partial charge in [-0.15, -0.1) is 0 Å². The molecule has 0 bridgehead atoms. The van der Waals surface area contributed by atoms with Crippen LogP contribution < -0.4 is 0 Å². The summed E-state index contributed by atoms with van der Waals surface area (Å²) in [4.78, 5) is 47.5. The van der Waals surface area contributed by atoms with E-state index in [1.807, 2.05) is 0 Å². The summed E-state index contributed by atoms with van der Waals surface area (Å²) in [5, 5.41) is 0. The van der Waals surface area contributed by atoms with E-state index in [0.717, 1.165) is 0 Å². The average Bonchev–Trinajstić information content (AvgIpc) is 2.90. The predicted octanol–water partition coefficient (Wildman–Crippen LogP) is 2.00. The van der Waals surface area contributed by atoms with Crippen molar-refractivity contribution in [3.63, 3.8) is 0 Å². The molecular formula is C18H10O7. The van der Waals surface area contributed by atoms with Gasteiger partial charge in [-0.1, -0.05) is 36.4 Å². The smallest absolute Gasteiger partial charge is 0.386 e. The molecule has 3 rings (SSSR count). The molecule has 124 valence electrons. The van der Waals surface area contributed by atoms with E-state index in [0.29, 0.717) is 0 Å². The minimum absolute atomic E-state index is 0.149. The SMILES string of the molecule is O=C1OC(=O)C(OC(=O)c2ccccc2)=C1OC(=O)c1ccccc1. The third-order valence-corrected chi connectivity index (χ3v) is 3.17. The van der Waals surface area contributed by atoms with Crippen LogP contribution in [0.3, 0.4) is 0 Å². The molecule has 1 aliphatic heterocycles. The molecule has 0 saturated heterocycles. The summed E-state index contributed by atoms with van der Waals surface area (Å²) >= 11 is 0. The van der Waals surface area contributed by atoms with Crippen LogP contribution in [0.5, 0.6) is 0 Å². The molecule has 1 heterocycles. The Bertz CT molecular complexity index is 809. The topological polar surface area (TPSA) is 96.0 Å². The Hall–Kier alpha value is -3.74. The maximum absolute atomic E-state index is 12.0. The molecule has 0 fully saturated rings. The summed E-state index contributed by atoms with van der Waals surface area (Å²) < 4.78 is 14.1. The van der Waals surface area contributed by atoms with Gasteiger partial charge in [0.25, 0.3) is 11.5 Å². The molecule has 0 spiro atoms. The van der Waals surface area contributed by atoms with Crippen molar-refractivity contribution >= 4 is 23.9 Å². The molecule has 0 amide bonds. The van der Waals surface area contributed by atoms with Gasteiger partial charge in [-0.2, -0.15) is 0 Å². The lowest BCUT2D eigenvalue weighted by atomic mass is 10.2. The van der Waals surface area contributed by atoms with Crippen LogP contribution in [0.4, 0.5) is 0 Å². The molecule has 25 heavy (non-hydrogen) atoms. The number of carbonyl (C=O) groups is 4. The van der Waals surface area contributed by atoms with E-state index in [9.17, 15) is 19.2 Å². The molecule has 1 aliphatic rings. The second-order valence-corrected chi connectivity index (χ2v) is 4.85. The summed E-state index contributed by atoms with van der Waals surface area (Å²) in [6, 6.07) is 15.6. The summed E-state index contributed by atoms with van der Waals surface area (Å²) in [5.74, 6) is -5.72. The third kappa shape index (κ3) is 3.45. The first-order valence-corrected chi connectivity index (χ1v) is 7.11. The highest BCUT2D eigenvalue weighted by molar-refractivity contribution is 6.12. The van der Waals surface area contributed by atoms with Crippen molar-refractivity contribution in [2.45, 2.75) is 0 Å². The maximum atomic E-state index is 12.0. The Kier molecular flexibility index (Phi) is 4.38. The van der Waals surface area contributed by atoms with Crippen molar-refractivity contribution in [2.24, 2.45) is 0 Å². The van der Waals surface area contributed by atoms with Crippen LogP contribution in [0, 0.1) is 0 Å². The molecule has 0 radical (unpaired) electrons. The lowest BCUT2D eigenvalue weighted by Crippen LogP contribution is -2.13. The highest BCUT2D eigenvalue weighted by atomic mass is 16.7. The Morgan fingerprint density at radius 2 is 1.00 bits per heavy atom. The van der Waals surface area contributed by atoms with E-state index in [4.69, 9.17) is 9.47 Å². The largest absolute Gasteiger partial charge is 0.411 e. The van der Waals surface area contributed by atoms with Gasteiger partial charge in [0.2, 0.25) is 0 Å². The fraction of sp³-hybridized carbons (Fsp3) is 0. The summed E-state index contributed by atoms with van der Waals surface area (Å²) in [6.07, 6.45) is 0. The monoisotopic (exact) mass is 338 g/mol. The number of ether oxygens (including phenoxy) is 3. The fourth-order valence-electron chi connectivity index (χ4n) is 1.99. The number of esters is 4. The molecule has 7 nitrogen and oxygen atoms in total. The van der Waals surface area contributed by atoms with Crippen molar-refractivity contribution in [1.82, 2.24) is 0 Å². The van der Waals surface area contributed by atoms with E-state index in [2.05, 4.69) is 4.74 Å². The minimum atomic E-state index is -1.20. The van der Waals surface area contributed by atoms with Gasteiger partial charge in [-0.3, -0.25) is 0 Å². The van der Waals surface area contributed by atoms with Crippen LogP contribution in [0.25, 0.3) is 0 Å². The van der Waals surface area contributed by atoms with Gasteiger partial charge < -0.3 is 14.2 Å². The van der Waals surface area contributed by atoms with Gasteiger partial charge in [0.1, 0.15) is 0 Å². The summed E-state index contributed by atoms with van der Waals surface area (Å²) in [7, 11) is 0. The summed E-state index contributed by atoms with van der Waals surface area (Å²) in [5.41, 5.74) is 0.298. The van der Waals surface area contributed by atoms with Gasteiger partial charge >= 0.3 is 23.9 Å². The Morgan fingerprint density at radius 3 is 1.36 bits per heavy atom. The number of benzene rings is 2. The lowest BCUT2D eigenvalue weighted by molar-refractivity contribution is -0.153. The number of hydrogen-bond donors (Lipinski definition) is 0. The Morgan fingerprint density at radius 1 is 0.640 bits per heavy atom. The van der Waals surface area contributed by atoms with Gasteiger partial charge in [0, 0.05) is 0 Å². The molecule has 0 N–H and O–H groups in total. The number of carbonyl (C=O) groups excluding carboxylic acids is 4. The molecule has 7 heteroatoms. The molecular weight excluding hydrogens is 328 g/mol. The van der Waals surface area contributed by atoms with E-state index in [1.54, 1.807) is 36.4 Å². The van der Waals surface area contributed by atoms with Crippen molar-refractivity contribution in [3.05, 3.63) is 83.3 Å². The predicted molar refractivity (Wildman–Crippen MR) is 81.8 cm³/mol. The van der Waals surface area contributed by atoms with Crippen LogP contribution in [0.15, 0.2) is 72.2 Å². The van der Waals surface area contributed by atoms with Crippen molar-refractivity contribution < 1.29 is 33.4 Å². The van der Waals surface area contributed by atoms with Crippen LogP contribution in [0.1, 0.15) is 20.7 Å². The first-order chi connectivity index (χ1) is 12.1. The van der Waals surface area contributed by atoms with Gasteiger partial charge in [-0.05, 0) is 24.3 Å². The maximum Gasteiger partial charge on any atom is 0.386 e. The number of cyclic esters (lactones) is 2. The Labute approximate surface area is 141 Å². The zero-order valence-corrected chi connectivity index (χ0v) is 12.6. The highest BCUT2D eigenvalue weighted by Gasteiger charge is 2.40. The van der Waals surface area contributed by atoms with Crippen molar-refractivity contribution in [3.8, 4) is 0 Å². The molecule has 0 aliphatic carbocycles. The quantitative estimate of drug-likeness (QED) is 0.478. The van der Waals surface area contributed by atoms with Crippen LogP contribution in [0.2, 0.25) is 0 Å². The first kappa shape index (κ1) is 16.1. The van der Waals surface area contributed by atoms with E-state index >= 15 is 0 Å². The molecule has 0 atom stereocenters. The lowest BCUT2D eigenvalue weighted by Gasteiger charge is -2.05. The second kappa shape index (κ2) is 6.79. The number of hydrogen-bond acceptors (Lipinski definition) is 7. The molecule has 2 aromatic rings. The molecule has 0 unspecified atom stereocenters. The standard InChI is InChI=1S/C18H10O7/c19-15(11-7-3-1-4-8-11)23-13-14(18(22)25-17(13)21)24-16(20)12-9-5-2-6-10-12/h1-10H. The van der Waals surface area contributed by atoms with E-state index in [-0.39, 0.29) is 11.1 Å². The fourth-order valence-corrected chi connectivity index (χ4v) is 1.99. The van der Waals surface area contributed by atoms with E-state index in [1.165, 1.54) is 24.3 Å². The van der Waals surface area contributed by atoms with Crippen molar-refractivity contribution in [1.29, 1.82) is 0 Å². The molecule has 0 aromatic heterocycles.